The van der Waals surface area contributed by atoms with Crippen molar-refractivity contribution in [3.8, 4) is 28.7 Å². The summed E-state index contributed by atoms with van der Waals surface area (Å²) in [6, 6.07) is 5.41. The van der Waals surface area contributed by atoms with E-state index in [1.165, 1.54) is 13.3 Å². The lowest BCUT2D eigenvalue weighted by Gasteiger charge is -2.07. The summed E-state index contributed by atoms with van der Waals surface area (Å²) in [4.78, 5) is 7.93. The fraction of sp³-hybridized carbons (Fsp3) is 0.0769. The van der Waals surface area contributed by atoms with Gasteiger partial charge in [0.2, 0.25) is 0 Å². The summed E-state index contributed by atoms with van der Waals surface area (Å²) in [6.45, 7) is 0. The summed E-state index contributed by atoms with van der Waals surface area (Å²) in [6.07, 6.45) is 6.62. The Balaban J connectivity index is 1.98. The molecule has 0 atom stereocenters. The van der Waals surface area contributed by atoms with Crippen molar-refractivity contribution in [3.05, 3.63) is 43.1 Å². The first kappa shape index (κ1) is 12.1. The lowest BCUT2D eigenvalue weighted by molar-refractivity contribution is 0.373. The Kier molecular flexibility index (Phi) is 3.00. The zero-order valence-electron chi connectivity index (χ0n) is 10.6. The monoisotopic (exact) mass is 269 g/mol. The zero-order chi connectivity index (χ0) is 13.9. The Hall–Kier alpha value is -2.96. The number of methoxy groups -OCH3 is 1. The molecular weight excluding hydrogens is 258 g/mol. The van der Waals surface area contributed by atoms with Crippen LogP contribution in [0.5, 0.6) is 11.8 Å². The largest absolute Gasteiger partial charge is 0.507 e. The molecule has 7 nitrogen and oxygen atoms in total. The number of benzene rings is 1. The molecule has 0 aliphatic rings. The van der Waals surface area contributed by atoms with Gasteiger partial charge in [-0.3, -0.25) is 0 Å². The number of phenolic OH excluding ortho intramolecular Hbond substituents is 1. The van der Waals surface area contributed by atoms with Gasteiger partial charge in [-0.25, -0.2) is 9.97 Å². The Bertz CT molecular complexity index is 710. The molecule has 20 heavy (non-hydrogen) atoms. The fourth-order valence-corrected chi connectivity index (χ4v) is 1.79. The first-order chi connectivity index (χ1) is 9.78. The summed E-state index contributed by atoms with van der Waals surface area (Å²) < 4.78 is 6.64. The first-order valence-corrected chi connectivity index (χ1v) is 5.83. The van der Waals surface area contributed by atoms with E-state index in [4.69, 9.17) is 4.74 Å². The maximum absolute atomic E-state index is 10.1. The van der Waals surface area contributed by atoms with E-state index in [9.17, 15) is 5.11 Å². The predicted octanol–water partition coefficient (Wildman–Crippen LogP) is 1.44. The molecule has 2 heterocycles. The standard InChI is InChI=1S/C13H11N5O2/c1-20-13-15-7-11(16-17-13)10-3-2-9(6-12(10)19)18-5-4-14-8-18/h2-8,19H,1H3. The minimum absolute atomic E-state index is 0.0949. The first-order valence-electron chi connectivity index (χ1n) is 5.83. The molecule has 0 spiro atoms. The molecule has 0 unspecified atom stereocenters. The van der Waals surface area contributed by atoms with Crippen LogP contribution in [0.25, 0.3) is 16.9 Å². The van der Waals surface area contributed by atoms with Crippen LogP contribution >= 0.6 is 0 Å². The van der Waals surface area contributed by atoms with Gasteiger partial charge in [-0.1, -0.05) is 5.10 Å². The highest BCUT2D eigenvalue weighted by molar-refractivity contribution is 5.67. The Labute approximate surface area is 114 Å². The Morgan fingerprint density at radius 1 is 1.25 bits per heavy atom. The van der Waals surface area contributed by atoms with Crippen molar-refractivity contribution in [1.82, 2.24) is 24.7 Å². The third kappa shape index (κ3) is 2.16. The van der Waals surface area contributed by atoms with E-state index in [1.54, 1.807) is 35.4 Å². The second-order valence-corrected chi connectivity index (χ2v) is 4.00. The second-order valence-electron chi connectivity index (χ2n) is 4.00. The number of hydrogen-bond donors (Lipinski definition) is 1. The summed E-state index contributed by atoms with van der Waals surface area (Å²) in [5.74, 6) is 0.0949. The summed E-state index contributed by atoms with van der Waals surface area (Å²) in [7, 11) is 1.47. The number of phenols is 1. The Morgan fingerprint density at radius 3 is 2.75 bits per heavy atom. The number of aromatic nitrogens is 5. The SMILES string of the molecule is COc1ncc(-c2ccc(-n3ccnc3)cc2O)nn1. The normalized spacial score (nSPS) is 10.4. The van der Waals surface area contributed by atoms with Gasteiger partial charge in [0.05, 0.1) is 25.3 Å². The average molecular weight is 269 g/mol. The zero-order valence-corrected chi connectivity index (χ0v) is 10.6. The van der Waals surface area contributed by atoms with Gasteiger partial charge in [-0.05, 0) is 12.1 Å². The van der Waals surface area contributed by atoms with Crippen LogP contribution in [0.3, 0.4) is 0 Å². The number of ether oxygens (including phenoxy) is 1. The molecule has 0 aliphatic carbocycles. The minimum Gasteiger partial charge on any atom is -0.507 e. The second kappa shape index (κ2) is 4.96. The number of nitrogens with zero attached hydrogens (tertiary/aromatic N) is 5. The molecule has 3 rings (SSSR count). The van der Waals surface area contributed by atoms with Crippen molar-refractivity contribution >= 4 is 0 Å². The van der Waals surface area contributed by atoms with Crippen LogP contribution in [0.1, 0.15) is 0 Å². The van der Waals surface area contributed by atoms with E-state index in [2.05, 4.69) is 20.2 Å². The van der Waals surface area contributed by atoms with Crippen LogP contribution in [0.4, 0.5) is 0 Å². The smallest absolute Gasteiger partial charge is 0.335 e. The Morgan fingerprint density at radius 2 is 2.15 bits per heavy atom. The van der Waals surface area contributed by atoms with E-state index in [0.717, 1.165) is 5.69 Å². The van der Waals surface area contributed by atoms with Crippen LogP contribution in [0.15, 0.2) is 43.1 Å². The van der Waals surface area contributed by atoms with Gasteiger partial charge < -0.3 is 14.4 Å². The molecule has 0 saturated carbocycles. The van der Waals surface area contributed by atoms with E-state index >= 15 is 0 Å². The number of rotatable bonds is 3. The van der Waals surface area contributed by atoms with Crippen molar-refractivity contribution in [1.29, 1.82) is 0 Å². The molecule has 100 valence electrons. The minimum atomic E-state index is 0.0949. The molecule has 1 N–H and O–H groups in total. The molecule has 3 aromatic rings. The number of imidazole rings is 1. The van der Waals surface area contributed by atoms with Gasteiger partial charge in [-0.2, -0.15) is 0 Å². The molecule has 1 aromatic carbocycles. The van der Waals surface area contributed by atoms with Crippen molar-refractivity contribution in [2.75, 3.05) is 7.11 Å². The van der Waals surface area contributed by atoms with E-state index in [1.807, 2.05) is 6.07 Å². The topological polar surface area (TPSA) is 86.0 Å². The van der Waals surface area contributed by atoms with Crippen LogP contribution in [0.2, 0.25) is 0 Å². The molecule has 0 fully saturated rings. The van der Waals surface area contributed by atoms with Crippen molar-refractivity contribution in [2.45, 2.75) is 0 Å². The number of aromatic hydroxyl groups is 1. The van der Waals surface area contributed by atoms with Crippen LogP contribution in [-0.4, -0.2) is 36.9 Å². The van der Waals surface area contributed by atoms with Gasteiger partial charge in [0.15, 0.2) is 0 Å². The van der Waals surface area contributed by atoms with Gasteiger partial charge in [0.1, 0.15) is 11.4 Å². The van der Waals surface area contributed by atoms with Gasteiger partial charge in [-0.15, -0.1) is 5.10 Å². The van der Waals surface area contributed by atoms with E-state index < -0.39 is 0 Å². The lowest BCUT2D eigenvalue weighted by Crippen LogP contribution is -1.96. The third-order valence-electron chi connectivity index (χ3n) is 2.78. The summed E-state index contributed by atoms with van der Waals surface area (Å²) in [5, 5.41) is 17.8. The fourth-order valence-electron chi connectivity index (χ4n) is 1.79. The van der Waals surface area contributed by atoms with Crippen molar-refractivity contribution < 1.29 is 9.84 Å². The molecule has 0 aliphatic heterocycles. The quantitative estimate of drug-likeness (QED) is 0.774. The van der Waals surface area contributed by atoms with E-state index in [-0.39, 0.29) is 11.8 Å². The molecule has 7 heteroatoms. The molecule has 0 amide bonds. The molecule has 0 bridgehead atoms. The highest BCUT2D eigenvalue weighted by atomic mass is 16.5. The van der Waals surface area contributed by atoms with Crippen molar-refractivity contribution in [3.63, 3.8) is 0 Å². The van der Waals surface area contributed by atoms with Crippen LogP contribution < -0.4 is 4.74 Å². The van der Waals surface area contributed by atoms with Gasteiger partial charge in [0, 0.05) is 24.0 Å². The van der Waals surface area contributed by atoms with E-state index in [0.29, 0.717) is 11.3 Å². The van der Waals surface area contributed by atoms with Gasteiger partial charge in [0.25, 0.3) is 0 Å². The highest BCUT2D eigenvalue weighted by Gasteiger charge is 2.09. The highest BCUT2D eigenvalue weighted by Crippen LogP contribution is 2.29. The number of hydrogen-bond acceptors (Lipinski definition) is 6. The van der Waals surface area contributed by atoms with Crippen molar-refractivity contribution in [2.24, 2.45) is 0 Å². The summed E-state index contributed by atoms with van der Waals surface area (Å²) >= 11 is 0. The maximum Gasteiger partial charge on any atom is 0.335 e. The molecule has 0 saturated heterocycles. The molecule has 0 radical (unpaired) electrons. The average Bonchev–Trinajstić information content (AvgIpc) is 3.01. The molecular formula is C13H11N5O2. The lowest BCUT2D eigenvalue weighted by atomic mass is 10.1. The summed E-state index contributed by atoms with van der Waals surface area (Å²) in [5.41, 5.74) is 1.83. The van der Waals surface area contributed by atoms with Crippen LogP contribution in [-0.2, 0) is 0 Å². The molecule has 2 aromatic heterocycles. The predicted molar refractivity (Wildman–Crippen MR) is 70.6 cm³/mol. The van der Waals surface area contributed by atoms with Gasteiger partial charge >= 0.3 is 6.01 Å². The third-order valence-corrected chi connectivity index (χ3v) is 2.78. The maximum atomic E-state index is 10.1. The van der Waals surface area contributed by atoms with Crippen LogP contribution in [0, 0.1) is 0 Å².